The molecule has 0 saturated carbocycles. The van der Waals surface area contributed by atoms with E-state index in [1.807, 2.05) is 6.92 Å². The Kier molecular flexibility index (Phi) is 6.50. The number of amides is 1. The van der Waals surface area contributed by atoms with Gasteiger partial charge in [0, 0.05) is 31.2 Å². The van der Waals surface area contributed by atoms with E-state index >= 15 is 0 Å². The van der Waals surface area contributed by atoms with Crippen LogP contribution in [0.15, 0.2) is 47.4 Å². The molecule has 0 spiro atoms. The highest BCUT2D eigenvalue weighted by Gasteiger charge is 2.31. The van der Waals surface area contributed by atoms with Crippen LogP contribution in [0.3, 0.4) is 0 Å². The van der Waals surface area contributed by atoms with Crippen LogP contribution in [0, 0.1) is 0 Å². The normalized spacial score (nSPS) is 15.5. The Labute approximate surface area is 174 Å². The number of carbonyl (C=O) groups excluding carboxylic acids is 1. The van der Waals surface area contributed by atoms with Crippen molar-refractivity contribution in [3.05, 3.63) is 58.1 Å². The number of carbonyl (C=O) groups is 1. The SMILES string of the molecule is CCOc1ccc(S(=O)(=O)N2CCN(C(=O)c3cc(Cl)ccc3Cl)CC2)cc1. The van der Waals surface area contributed by atoms with Gasteiger partial charge in [0.15, 0.2) is 0 Å². The van der Waals surface area contributed by atoms with Crippen LogP contribution in [0.25, 0.3) is 0 Å². The predicted molar refractivity (Wildman–Crippen MR) is 109 cm³/mol. The van der Waals surface area contributed by atoms with E-state index in [0.717, 1.165) is 0 Å². The highest BCUT2D eigenvalue weighted by molar-refractivity contribution is 7.89. The average Bonchev–Trinajstić information content (AvgIpc) is 2.70. The smallest absolute Gasteiger partial charge is 0.255 e. The molecular formula is C19H20Cl2N2O4S. The number of halogens is 2. The van der Waals surface area contributed by atoms with Crippen molar-refractivity contribution in [1.82, 2.24) is 9.21 Å². The number of hydrogen-bond acceptors (Lipinski definition) is 4. The lowest BCUT2D eigenvalue weighted by Crippen LogP contribution is -2.50. The fraction of sp³-hybridized carbons (Fsp3) is 0.316. The molecule has 0 N–H and O–H groups in total. The molecule has 1 saturated heterocycles. The molecule has 0 radical (unpaired) electrons. The van der Waals surface area contributed by atoms with Crippen molar-refractivity contribution in [1.29, 1.82) is 0 Å². The Morgan fingerprint density at radius 2 is 1.68 bits per heavy atom. The fourth-order valence-electron chi connectivity index (χ4n) is 2.99. The van der Waals surface area contributed by atoms with Crippen LogP contribution in [0.5, 0.6) is 5.75 Å². The van der Waals surface area contributed by atoms with Crippen LogP contribution in [0.2, 0.25) is 10.0 Å². The van der Waals surface area contributed by atoms with E-state index in [1.54, 1.807) is 29.2 Å². The molecule has 6 nitrogen and oxygen atoms in total. The summed E-state index contributed by atoms with van der Waals surface area (Å²) in [5.74, 6) is 0.362. The van der Waals surface area contributed by atoms with E-state index in [9.17, 15) is 13.2 Å². The highest BCUT2D eigenvalue weighted by atomic mass is 35.5. The van der Waals surface area contributed by atoms with Crippen molar-refractivity contribution >= 4 is 39.1 Å². The molecule has 3 rings (SSSR count). The fourth-order valence-corrected chi connectivity index (χ4v) is 4.78. The molecule has 1 heterocycles. The first kappa shape index (κ1) is 20.9. The number of hydrogen-bond donors (Lipinski definition) is 0. The Morgan fingerprint density at radius 1 is 1.04 bits per heavy atom. The van der Waals surface area contributed by atoms with E-state index in [1.165, 1.54) is 22.5 Å². The number of rotatable bonds is 5. The maximum Gasteiger partial charge on any atom is 0.255 e. The van der Waals surface area contributed by atoms with Crippen LogP contribution in [-0.2, 0) is 10.0 Å². The first-order chi connectivity index (χ1) is 13.3. The van der Waals surface area contributed by atoms with Gasteiger partial charge in [-0.2, -0.15) is 4.31 Å². The van der Waals surface area contributed by atoms with Crippen molar-refractivity contribution in [3.8, 4) is 5.75 Å². The Hall–Kier alpha value is -1.80. The van der Waals surface area contributed by atoms with Crippen molar-refractivity contribution in [2.24, 2.45) is 0 Å². The molecular weight excluding hydrogens is 423 g/mol. The lowest BCUT2D eigenvalue weighted by Gasteiger charge is -2.34. The molecule has 0 aliphatic carbocycles. The molecule has 0 atom stereocenters. The third-order valence-electron chi connectivity index (χ3n) is 4.46. The molecule has 2 aromatic carbocycles. The second-order valence-corrected chi connectivity index (χ2v) is 9.01. The number of nitrogens with zero attached hydrogens (tertiary/aromatic N) is 2. The molecule has 2 aromatic rings. The lowest BCUT2D eigenvalue weighted by atomic mass is 10.2. The number of sulfonamides is 1. The summed E-state index contributed by atoms with van der Waals surface area (Å²) in [5, 5.41) is 0.739. The van der Waals surface area contributed by atoms with Gasteiger partial charge in [-0.25, -0.2) is 8.42 Å². The van der Waals surface area contributed by atoms with Gasteiger partial charge in [0.25, 0.3) is 5.91 Å². The van der Waals surface area contributed by atoms with Crippen LogP contribution < -0.4 is 4.74 Å². The molecule has 28 heavy (non-hydrogen) atoms. The van der Waals surface area contributed by atoms with Crippen LogP contribution in [0.1, 0.15) is 17.3 Å². The number of piperazine rings is 1. The Balaban J connectivity index is 1.68. The van der Waals surface area contributed by atoms with Crippen LogP contribution >= 0.6 is 23.2 Å². The van der Waals surface area contributed by atoms with Gasteiger partial charge in [-0.05, 0) is 49.4 Å². The minimum atomic E-state index is -3.63. The zero-order chi connectivity index (χ0) is 20.3. The Bertz CT molecular complexity index is 956. The molecule has 0 aromatic heterocycles. The van der Waals surface area contributed by atoms with Crippen molar-refractivity contribution < 1.29 is 17.9 Å². The number of ether oxygens (including phenoxy) is 1. The summed E-state index contributed by atoms with van der Waals surface area (Å²) < 4.78 is 32.4. The monoisotopic (exact) mass is 442 g/mol. The summed E-state index contributed by atoms with van der Waals surface area (Å²) in [6.07, 6.45) is 0. The average molecular weight is 443 g/mol. The third-order valence-corrected chi connectivity index (χ3v) is 6.93. The standard InChI is InChI=1S/C19H20Cl2N2O4S/c1-2-27-15-4-6-16(7-5-15)28(25,26)23-11-9-22(10-12-23)19(24)17-13-14(20)3-8-18(17)21/h3-8,13H,2,9-12H2,1H3. The first-order valence-electron chi connectivity index (χ1n) is 8.80. The van der Waals surface area contributed by atoms with Gasteiger partial charge in [0.05, 0.1) is 22.1 Å². The summed E-state index contributed by atoms with van der Waals surface area (Å²) in [5.41, 5.74) is 0.317. The van der Waals surface area contributed by atoms with Gasteiger partial charge >= 0.3 is 0 Å². The van der Waals surface area contributed by atoms with Crippen molar-refractivity contribution in [3.63, 3.8) is 0 Å². The van der Waals surface area contributed by atoms with E-state index in [-0.39, 0.29) is 37.0 Å². The van der Waals surface area contributed by atoms with E-state index < -0.39 is 10.0 Å². The molecule has 1 aliphatic rings. The summed E-state index contributed by atoms with van der Waals surface area (Å²) >= 11 is 12.1. The van der Waals surface area contributed by atoms with Gasteiger partial charge in [-0.15, -0.1) is 0 Å². The highest BCUT2D eigenvalue weighted by Crippen LogP contribution is 2.24. The van der Waals surface area contributed by atoms with Crippen LogP contribution in [-0.4, -0.2) is 56.3 Å². The van der Waals surface area contributed by atoms with Crippen molar-refractivity contribution in [2.45, 2.75) is 11.8 Å². The van der Waals surface area contributed by atoms with Gasteiger partial charge in [-0.3, -0.25) is 4.79 Å². The molecule has 150 valence electrons. The van der Waals surface area contributed by atoms with Crippen molar-refractivity contribution in [2.75, 3.05) is 32.8 Å². The predicted octanol–water partition coefficient (Wildman–Crippen LogP) is 3.54. The van der Waals surface area contributed by atoms with Crippen LogP contribution in [0.4, 0.5) is 0 Å². The second kappa shape index (κ2) is 8.69. The topological polar surface area (TPSA) is 66.9 Å². The summed E-state index contributed by atoms with van der Waals surface area (Å²) in [6, 6.07) is 11.0. The second-order valence-electron chi connectivity index (χ2n) is 6.22. The quantitative estimate of drug-likeness (QED) is 0.709. The molecule has 1 fully saturated rings. The maximum atomic E-state index is 12.8. The van der Waals surface area contributed by atoms with E-state index in [4.69, 9.17) is 27.9 Å². The summed E-state index contributed by atoms with van der Waals surface area (Å²) in [4.78, 5) is 14.5. The van der Waals surface area contributed by atoms with E-state index in [2.05, 4.69) is 0 Å². The van der Waals surface area contributed by atoms with E-state index in [0.29, 0.717) is 28.0 Å². The first-order valence-corrected chi connectivity index (χ1v) is 11.0. The van der Waals surface area contributed by atoms with Gasteiger partial charge in [-0.1, -0.05) is 23.2 Å². The molecule has 0 bridgehead atoms. The minimum absolute atomic E-state index is 0.202. The molecule has 1 amide bonds. The zero-order valence-electron chi connectivity index (χ0n) is 15.3. The molecule has 9 heteroatoms. The maximum absolute atomic E-state index is 12.8. The summed E-state index contributed by atoms with van der Waals surface area (Å²) in [7, 11) is -3.63. The van der Waals surface area contributed by atoms with Gasteiger partial charge < -0.3 is 9.64 Å². The third kappa shape index (κ3) is 4.43. The minimum Gasteiger partial charge on any atom is -0.494 e. The van der Waals surface area contributed by atoms with Gasteiger partial charge in [0.1, 0.15) is 5.75 Å². The molecule has 0 unspecified atom stereocenters. The van der Waals surface area contributed by atoms with Gasteiger partial charge in [0.2, 0.25) is 10.0 Å². The summed E-state index contributed by atoms with van der Waals surface area (Å²) in [6.45, 7) is 3.34. The largest absolute Gasteiger partial charge is 0.494 e. The Morgan fingerprint density at radius 3 is 2.29 bits per heavy atom. The zero-order valence-corrected chi connectivity index (χ0v) is 17.6. The number of benzene rings is 2. The lowest BCUT2D eigenvalue weighted by molar-refractivity contribution is 0.0698. The molecule has 1 aliphatic heterocycles.